The van der Waals surface area contributed by atoms with Crippen molar-refractivity contribution in [3.8, 4) is 11.5 Å². The van der Waals surface area contributed by atoms with Crippen LogP contribution in [0.25, 0.3) is 0 Å². The quantitative estimate of drug-likeness (QED) is 0.784. The summed E-state index contributed by atoms with van der Waals surface area (Å²) in [6, 6.07) is 5.66. The molecule has 0 saturated carbocycles. The molecule has 0 spiro atoms. The van der Waals surface area contributed by atoms with Crippen LogP contribution in [0.5, 0.6) is 11.5 Å². The molecule has 104 valence electrons. The summed E-state index contributed by atoms with van der Waals surface area (Å²) in [5.41, 5.74) is 0.915. The van der Waals surface area contributed by atoms with Crippen molar-refractivity contribution in [2.75, 3.05) is 19.8 Å². The number of fused-ring (bicyclic) bond motifs is 1. The monoisotopic (exact) mass is 264 g/mol. The molecule has 0 aromatic heterocycles. The Hall–Kier alpha value is -1.71. The Kier molecular flexibility index (Phi) is 4.30. The van der Waals surface area contributed by atoms with E-state index < -0.39 is 0 Å². The van der Waals surface area contributed by atoms with E-state index in [2.05, 4.69) is 0 Å². The lowest BCUT2D eigenvalue weighted by atomic mass is 9.88. The van der Waals surface area contributed by atoms with Gasteiger partial charge in [0.1, 0.15) is 13.2 Å². The molecule has 19 heavy (non-hydrogen) atoms. The van der Waals surface area contributed by atoms with Crippen molar-refractivity contribution in [2.24, 2.45) is 5.92 Å². The molecule has 0 radical (unpaired) electrons. The number of carbonyl (C=O) groups excluding carboxylic acids is 1. The molecule has 2 rings (SSSR count). The summed E-state index contributed by atoms with van der Waals surface area (Å²) in [5, 5.41) is 0. The molecule has 4 heteroatoms. The molecule has 1 aliphatic heterocycles. The minimum absolute atomic E-state index is 0.168. The molecule has 0 bridgehead atoms. The fraction of sp³-hybridized carbons (Fsp3) is 0.533. The van der Waals surface area contributed by atoms with E-state index >= 15 is 0 Å². The normalized spacial score (nSPS) is 15.2. The second kappa shape index (κ2) is 5.95. The Morgan fingerprint density at radius 2 is 1.95 bits per heavy atom. The van der Waals surface area contributed by atoms with Gasteiger partial charge in [-0.1, -0.05) is 19.9 Å². The number of hydrogen-bond donors (Lipinski definition) is 0. The minimum atomic E-state index is -0.268. The van der Waals surface area contributed by atoms with Crippen molar-refractivity contribution < 1.29 is 19.0 Å². The summed E-state index contributed by atoms with van der Waals surface area (Å²) in [6.45, 7) is 7.35. The van der Waals surface area contributed by atoms with Gasteiger partial charge in [0.2, 0.25) is 0 Å². The molecule has 4 nitrogen and oxygen atoms in total. The SMILES string of the molecule is CCOC(=O)C(c1ccc2c(c1)OCCO2)C(C)C. The van der Waals surface area contributed by atoms with Gasteiger partial charge in [-0.3, -0.25) is 4.79 Å². The molecular formula is C15H20O4. The Morgan fingerprint density at radius 3 is 2.58 bits per heavy atom. The largest absolute Gasteiger partial charge is 0.486 e. The van der Waals surface area contributed by atoms with E-state index in [4.69, 9.17) is 14.2 Å². The molecule has 0 aliphatic carbocycles. The van der Waals surface area contributed by atoms with Gasteiger partial charge in [0.15, 0.2) is 11.5 Å². The van der Waals surface area contributed by atoms with Crippen LogP contribution in [0.15, 0.2) is 18.2 Å². The molecule has 0 N–H and O–H groups in total. The van der Waals surface area contributed by atoms with E-state index in [1.54, 1.807) is 0 Å². The van der Waals surface area contributed by atoms with Crippen molar-refractivity contribution in [3.05, 3.63) is 23.8 Å². The zero-order valence-corrected chi connectivity index (χ0v) is 11.6. The second-order valence-electron chi connectivity index (χ2n) is 4.88. The maximum atomic E-state index is 12.1. The summed E-state index contributed by atoms with van der Waals surface area (Å²) in [7, 11) is 0. The van der Waals surface area contributed by atoms with Crippen molar-refractivity contribution in [3.63, 3.8) is 0 Å². The average Bonchev–Trinajstić information content (AvgIpc) is 2.38. The van der Waals surface area contributed by atoms with E-state index in [9.17, 15) is 4.79 Å². The first-order valence-corrected chi connectivity index (χ1v) is 6.69. The van der Waals surface area contributed by atoms with Crippen molar-refractivity contribution in [2.45, 2.75) is 26.7 Å². The number of rotatable bonds is 4. The third kappa shape index (κ3) is 3.00. The number of hydrogen-bond acceptors (Lipinski definition) is 4. The third-order valence-electron chi connectivity index (χ3n) is 3.13. The van der Waals surface area contributed by atoms with Gasteiger partial charge in [0.25, 0.3) is 0 Å². The van der Waals surface area contributed by atoms with Gasteiger partial charge in [-0.2, -0.15) is 0 Å². The molecule has 1 aromatic rings. The number of benzene rings is 1. The van der Waals surface area contributed by atoms with E-state index in [-0.39, 0.29) is 17.8 Å². The van der Waals surface area contributed by atoms with Gasteiger partial charge < -0.3 is 14.2 Å². The Bertz CT molecular complexity index is 453. The number of ether oxygens (including phenoxy) is 3. The fourth-order valence-corrected chi connectivity index (χ4v) is 2.28. The molecule has 1 aromatic carbocycles. The van der Waals surface area contributed by atoms with Crippen LogP contribution in [-0.4, -0.2) is 25.8 Å². The zero-order valence-electron chi connectivity index (χ0n) is 11.6. The molecule has 1 heterocycles. The highest BCUT2D eigenvalue weighted by atomic mass is 16.6. The van der Waals surface area contributed by atoms with Crippen LogP contribution >= 0.6 is 0 Å². The highest BCUT2D eigenvalue weighted by molar-refractivity contribution is 5.78. The second-order valence-corrected chi connectivity index (χ2v) is 4.88. The van der Waals surface area contributed by atoms with Gasteiger partial charge >= 0.3 is 5.97 Å². The first kappa shape index (κ1) is 13.7. The smallest absolute Gasteiger partial charge is 0.313 e. The topological polar surface area (TPSA) is 44.8 Å². The average molecular weight is 264 g/mol. The Morgan fingerprint density at radius 1 is 1.26 bits per heavy atom. The van der Waals surface area contributed by atoms with Gasteiger partial charge in [0, 0.05) is 0 Å². The summed E-state index contributed by atoms with van der Waals surface area (Å²) < 4.78 is 16.2. The first-order chi connectivity index (χ1) is 9.13. The standard InChI is InChI=1S/C15H20O4/c1-4-17-15(16)14(10(2)3)11-5-6-12-13(9-11)19-8-7-18-12/h5-6,9-10,14H,4,7-8H2,1-3H3. The lowest BCUT2D eigenvalue weighted by molar-refractivity contribution is -0.146. The van der Waals surface area contributed by atoms with Gasteiger partial charge in [0.05, 0.1) is 12.5 Å². The van der Waals surface area contributed by atoms with Gasteiger partial charge in [-0.25, -0.2) is 0 Å². The van der Waals surface area contributed by atoms with Gasteiger partial charge in [-0.15, -0.1) is 0 Å². The fourth-order valence-electron chi connectivity index (χ4n) is 2.28. The van der Waals surface area contributed by atoms with Crippen molar-refractivity contribution in [1.82, 2.24) is 0 Å². The highest BCUT2D eigenvalue weighted by Crippen LogP contribution is 2.35. The lowest BCUT2D eigenvalue weighted by Gasteiger charge is -2.23. The molecule has 0 fully saturated rings. The van der Waals surface area contributed by atoms with Crippen LogP contribution in [0.4, 0.5) is 0 Å². The van der Waals surface area contributed by atoms with E-state index in [1.165, 1.54) is 0 Å². The summed E-state index contributed by atoms with van der Waals surface area (Å²) in [6.07, 6.45) is 0. The number of esters is 1. The Labute approximate surface area is 113 Å². The summed E-state index contributed by atoms with van der Waals surface area (Å²) in [4.78, 5) is 12.1. The summed E-state index contributed by atoms with van der Waals surface area (Å²) in [5.74, 6) is 1.16. The molecule has 0 amide bonds. The van der Waals surface area contributed by atoms with Crippen molar-refractivity contribution >= 4 is 5.97 Å². The van der Waals surface area contributed by atoms with Crippen LogP contribution in [-0.2, 0) is 9.53 Å². The van der Waals surface area contributed by atoms with E-state index in [0.29, 0.717) is 25.6 Å². The third-order valence-corrected chi connectivity index (χ3v) is 3.13. The van der Waals surface area contributed by atoms with Crippen LogP contribution in [0, 0.1) is 5.92 Å². The maximum Gasteiger partial charge on any atom is 0.313 e. The minimum Gasteiger partial charge on any atom is -0.486 e. The molecule has 1 atom stereocenters. The predicted octanol–water partition coefficient (Wildman–Crippen LogP) is 2.76. The van der Waals surface area contributed by atoms with Crippen LogP contribution in [0.2, 0.25) is 0 Å². The summed E-state index contributed by atoms with van der Waals surface area (Å²) >= 11 is 0. The highest BCUT2D eigenvalue weighted by Gasteiger charge is 2.27. The van der Waals surface area contributed by atoms with E-state index in [1.807, 2.05) is 39.0 Å². The molecule has 0 saturated heterocycles. The van der Waals surface area contributed by atoms with Crippen molar-refractivity contribution in [1.29, 1.82) is 0 Å². The molecule has 1 unspecified atom stereocenters. The van der Waals surface area contributed by atoms with Crippen LogP contribution < -0.4 is 9.47 Å². The Balaban J connectivity index is 2.29. The van der Waals surface area contributed by atoms with Crippen LogP contribution in [0.1, 0.15) is 32.3 Å². The van der Waals surface area contributed by atoms with Crippen LogP contribution in [0.3, 0.4) is 0 Å². The zero-order chi connectivity index (χ0) is 13.8. The van der Waals surface area contributed by atoms with Gasteiger partial charge in [-0.05, 0) is 30.5 Å². The molecular weight excluding hydrogens is 244 g/mol. The molecule has 1 aliphatic rings. The number of carbonyl (C=O) groups is 1. The van der Waals surface area contributed by atoms with E-state index in [0.717, 1.165) is 11.3 Å². The maximum absolute atomic E-state index is 12.1. The first-order valence-electron chi connectivity index (χ1n) is 6.69. The lowest BCUT2D eigenvalue weighted by Crippen LogP contribution is -2.21. The predicted molar refractivity (Wildman–Crippen MR) is 71.6 cm³/mol.